The number of unbranched alkanes of at least 4 members (excludes halogenated alkanes) is 1. The summed E-state index contributed by atoms with van der Waals surface area (Å²) in [5.41, 5.74) is 2.30. The van der Waals surface area contributed by atoms with E-state index in [2.05, 4.69) is 43.1 Å². The van der Waals surface area contributed by atoms with Crippen molar-refractivity contribution in [2.75, 3.05) is 23.7 Å². The van der Waals surface area contributed by atoms with Gasteiger partial charge in [-0.25, -0.2) is 9.78 Å². The predicted molar refractivity (Wildman–Crippen MR) is 137 cm³/mol. The van der Waals surface area contributed by atoms with Crippen molar-refractivity contribution in [2.45, 2.75) is 25.2 Å². The number of allylic oxidation sites excluding steroid dienone is 4. The Bertz CT molecular complexity index is 1210. The largest absolute Gasteiger partial charge is 0.370 e. The van der Waals surface area contributed by atoms with E-state index in [4.69, 9.17) is 28.2 Å². The van der Waals surface area contributed by atoms with Gasteiger partial charge in [0.2, 0.25) is 0 Å². The van der Waals surface area contributed by atoms with E-state index < -0.39 is 0 Å². The lowest BCUT2D eigenvalue weighted by Crippen LogP contribution is -2.29. The van der Waals surface area contributed by atoms with Crippen LogP contribution in [0.2, 0.25) is 5.02 Å². The zero-order chi connectivity index (χ0) is 23.2. The van der Waals surface area contributed by atoms with Gasteiger partial charge in [0, 0.05) is 40.8 Å². The predicted octanol–water partition coefficient (Wildman–Crippen LogP) is 6.33. The van der Waals surface area contributed by atoms with E-state index in [9.17, 15) is 4.79 Å². The molecule has 1 aliphatic rings. The first-order valence-electron chi connectivity index (χ1n) is 10.6. The molecule has 0 aliphatic heterocycles. The third kappa shape index (κ3) is 6.07. The molecule has 3 N–H and O–H groups in total. The Morgan fingerprint density at radius 3 is 2.88 bits per heavy atom. The Morgan fingerprint density at radius 2 is 2.06 bits per heavy atom. The van der Waals surface area contributed by atoms with Gasteiger partial charge >= 0.3 is 6.03 Å². The highest BCUT2D eigenvalue weighted by atomic mass is 79.9. The second-order valence-electron chi connectivity index (χ2n) is 7.59. The molecule has 0 saturated heterocycles. The number of anilines is 2. The van der Waals surface area contributed by atoms with Crippen LogP contribution in [0.15, 0.2) is 64.3 Å². The van der Waals surface area contributed by atoms with E-state index in [0.717, 1.165) is 52.5 Å². The number of rotatable bonds is 8. The number of nitrogens with one attached hydrogen (secondary N) is 3. The Hall–Kier alpha value is -2.55. The van der Waals surface area contributed by atoms with Crippen LogP contribution in [0, 0.1) is 0 Å². The maximum Gasteiger partial charge on any atom is 0.319 e. The summed E-state index contributed by atoms with van der Waals surface area (Å²) in [6.45, 7) is 1.29. The van der Waals surface area contributed by atoms with Crippen LogP contribution in [0.5, 0.6) is 0 Å². The summed E-state index contributed by atoms with van der Waals surface area (Å²) >= 11 is 15.9. The van der Waals surface area contributed by atoms with Crippen molar-refractivity contribution in [1.29, 1.82) is 0 Å². The van der Waals surface area contributed by atoms with Crippen LogP contribution < -0.4 is 16.0 Å². The number of amides is 2. The van der Waals surface area contributed by atoms with Crippen molar-refractivity contribution in [3.05, 3.63) is 75.0 Å². The van der Waals surface area contributed by atoms with Crippen LogP contribution in [-0.4, -0.2) is 33.7 Å². The molecule has 2 heterocycles. The van der Waals surface area contributed by atoms with Crippen molar-refractivity contribution < 1.29 is 4.79 Å². The maximum atomic E-state index is 12.0. The summed E-state index contributed by atoms with van der Waals surface area (Å²) in [5, 5.41) is 14.8. The second kappa shape index (κ2) is 11.0. The van der Waals surface area contributed by atoms with Crippen LogP contribution >= 0.6 is 39.1 Å². The lowest BCUT2D eigenvalue weighted by molar-refractivity contribution is 0.252. The molecule has 2 aromatic heterocycles. The molecule has 3 aromatic rings. The number of carbonyl (C=O) groups is 1. The number of urea groups is 1. The second-order valence-corrected chi connectivity index (χ2v) is 9.31. The number of carbonyl (C=O) groups excluding carboxylic acids is 1. The van der Waals surface area contributed by atoms with Crippen LogP contribution in [0.25, 0.3) is 5.65 Å². The van der Waals surface area contributed by atoms with Gasteiger partial charge in [0.25, 0.3) is 0 Å². The number of nitrogens with zero attached hydrogens (tertiary/aromatic N) is 3. The number of benzene rings is 1. The number of hydrogen-bond acceptors (Lipinski definition) is 4. The highest BCUT2D eigenvalue weighted by molar-refractivity contribution is 9.10. The zero-order valence-electron chi connectivity index (χ0n) is 17.7. The molecule has 1 aromatic carbocycles. The molecule has 0 radical (unpaired) electrons. The van der Waals surface area contributed by atoms with E-state index in [1.54, 1.807) is 35.0 Å². The zero-order valence-corrected chi connectivity index (χ0v) is 20.8. The highest BCUT2D eigenvalue weighted by Crippen LogP contribution is 2.34. The SMILES string of the molecule is O=C(NCCCCNc1cc(C2CC=CC=C2Cl)nc2c(Br)cnn12)Nc1cccc(Cl)c1. The first kappa shape index (κ1) is 23.6. The van der Waals surface area contributed by atoms with E-state index in [-0.39, 0.29) is 11.9 Å². The van der Waals surface area contributed by atoms with Gasteiger partial charge in [-0.1, -0.05) is 41.4 Å². The van der Waals surface area contributed by atoms with Gasteiger partial charge in [-0.3, -0.25) is 0 Å². The quantitative estimate of drug-likeness (QED) is 0.287. The van der Waals surface area contributed by atoms with Gasteiger partial charge < -0.3 is 16.0 Å². The Balaban J connectivity index is 1.30. The van der Waals surface area contributed by atoms with Crippen molar-refractivity contribution in [2.24, 2.45) is 0 Å². The number of fused-ring (bicyclic) bond motifs is 1. The molecule has 4 rings (SSSR count). The Labute approximate surface area is 210 Å². The van der Waals surface area contributed by atoms with Gasteiger partial charge in [0.1, 0.15) is 5.82 Å². The first-order chi connectivity index (χ1) is 16.0. The minimum Gasteiger partial charge on any atom is -0.370 e. The molecule has 0 bridgehead atoms. The molecule has 0 spiro atoms. The highest BCUT2D eigenvalue weighted by Gasteiger charge is 2.20. The smallest absolute Gasteiger partial charge is 0.319 e. The Morgan fingerprint density at radius 1 is 1.21 bits per heavy atom. The lowest BCUT2D eigenvalue weighted by Gasteiger charge is -2.18. The number of hydrogen-bond donors (Lipinski definition) is 3. The van der Waals surface area contributed by atoms with Crippen molar-refractivity contribution in [1.82, 2.24) is 19.9 Å². The third-order valence-corrected chi connectivity index (χ3v) is 6.36. The van der Waals surface area contributed by atoms with Crippen LogP contribution in [-0.2, 0) is 0 Å². The molecule has 1 unspecified atom stereocenters. The van der Waals surface area contributed by atoms with Crippen LogP contribution in [0.3, 0.4) is 0 Å². The molecule has 1 atom stereocenters. The molecule has 0 saturated carbocycles. The summed E-state index contributed by atoms with van der Waals surface area (Å²) in [6, 6.07) is 8.80. The van der Waals surface area contributed by atoms with Crippen LogP contribution in [0.4, 0.5) is 16.3 Å². The standard InChI is InChI=1S/C23H23BrCl2N6O/c24-18-14-29-32-21(13-20(31-22(18)32)17-8-1-2-9-19(17)26)27-10-3-4-11-28-23(33)30-16-7-5-6-15(25)12-16/h1-2,5-7,9,12-14,17,27H,3-4,8,10-11H2,(H2,28,30,33). The number of halogens is 3. The molecular formula is C23H23BrCl2N6O. The van der Waals surface area contributed by atoms with E-state index in [0.29, 0.717) is 17.3 Å². The van der Waals surface area contributed by atoms with E-state index >= 15 is 0 Å². The molecule has 10 heteroatoms. The van der Waals surface area contributed by atoms with Gasteiger partial charge in [0.15, 0.2) is 5.65 Å². The average Bonchev–Trinajstić information content (AvgIpc) is 3.17. The normalized spacial score (nSPS) is 15.4. The minimum absolute atomic E-state index is 0.0335. The summed E-state index contributed by atoms with van der Waals surface area (Å²) in [6.07, 6.45) is 10.2. The summed E-state index contributed by atoms with van der Waals surface area (Å²) in [7, 11) is 0. The molecular weight excluding hydrogens is 527 g/mol. The molecule has 2 amide bonds. The van der Waals surface area contributed by atoms with E-state index in [1.807, 2.05) is 18.2 Å². The van der Waals surface area contributed by atoms with Gasteiger partial charge in [-0.05, 0) is 59.5 Å². The van der Waals surface area contributed by atoms with Crippen molar-refractivity contribution in [3.63, 3.8) is 0 Å². The topological polar surface area (TPSA) is 83.3 Å². The van der Waals surface area contributed by atoms with Crippen molar-refractivity contribution in [3.8, 4) is 0 Å². The Kier molecular flexibility index (Phi) is 7.90. The van der Waals surface area contributed by atoms with E-state index in [1.165, 1.54) is 0 Å². The van der Waals surface area contributed by atoms with Crippen LogP contribution in [0.1, 0.15) is 30.9 Å². The number of aromatic nitrogens is 3. The third-order valence-electron chi connectivity index (χ3n) is 5.18. The lowest BCUT2D eigenvalue weighted by atomic mass is 9.96. The van der Waals surface area contributed by atoms with Gasteiger partial charge in [0.05, 0.1) is 16.4 Å². The maximum absolute atomic E-state index is 12.0. The van der Waals surface area contributed by atoms with Crippen molar-refractivity contribution >= 4 is 62.3 Å². The minimum atomic E-state index is -0.251. The fourth-order valence-electron chi connectivity index (χ4n) is 3.53. The molecule has 172 valence electrons. The summed E-state index contributed by atoms with van der Waals surface area (Å²) in [5.74, 6) is 0.887. The monoisotopic (exact) mass is 548 g/mol. The average molecular weight is 550 g/mol. The molecule has 33 heavy (non-hydrogen) atoms. The first-order valence-corrected chi connectivity index (χ1v) is 12.2. The van der Waals surface area contributed by atoms with Gasteiger partial charge in [-0.15, -0.1) is 0 Å². The molecule has 1 aliphatic carbocycles. The fraction of sp³-hybridized carbons (Fsp3) is 0.261. The molecule has 7 nitrogen and oxygen atoms in total. The summed E-state index contributed by atoms with van der Waals surface area (Å²) < 4.78 is 2.61. The van der Waals surface area contributed by atoms with Gasteiger partial charge in [-0.2, -0.15) is 9.61 Å². The summed E-state index contributed by atoms with van der Waals surface area (Å²) in [4.78, 5) is 16.8. The fourth-order valence-corrected chi connectivity index (χ4v) is 4.35. The molecule has 0 fully saturated rings.